The third kappa shape index (κ3) is 2.87. The van der Waals surface area contributed by atoms with Gasteiger partial charge in [-0.3, -0.25) is 0 Å². The first-order valence-corrected chi connectivity index (χ1v) is 7.51. The van der Waals surface area contributed by atoms with Crippen LogP contribution < -0.4 is 5.32 Å². The van der Waals surface area contributed by atoms with E-state index in [0.29, 0.717) is 12.5 Å². The van der Waals surface area contributed by atoms with Crippen molar-refractivity contribution in [3.63, 3.8) is 0 Å². The Balaban J connectivity index is 2.27. The number of rotatable bonds is 8. The van der Waals surface area contributed by atoms with Crippen LogP contribution in [0.5, 0.6) is 0 Å². The first kappa shape index (κ1) is 15.0. The number of hydrogen-bond acceptors (Lipinski definition) is 4. The molecule has 1 aliphatic carbocycles. The SMILES string of the molecule is CCCNC(Cn1ccnc1CC)(C(=O)OC)C1CC1. The highest BCUT2D eigenvalue weighted by Gasteiger charge is 2.51. The van der Waals surface area contributed by atoms with Crippen LogP contribution in [0.4, 0.5) is 0 Å². The summed E-state index contributed by atoms with van der Waals surface area (Å²) in [5.41, 5.74) is -0.602. The van der Waals surface area contributed by atoms with Gasteiger partial charge >= 0.3 is 5.97 Å². The molecular formula is C15H25N3O2. The molecule has 1 aliphatic rings. The lowest BCUT2D eigenvalue weighted by atomic mass is 9.92. The van der Waals surface area contributed by atoms with E-state index in [4.69, 9.17) is 4.74 Å². The van der Waals surface area contributed by atoms with Crippen molar-refractivity contribution in [3.05, 3.63) is 18.2 Å². The van der Waals surface area contributed by atoms with E-state index in [1.165, 1.54) is 7.11 Å². The zero-order valence-electron chi connectivity index (χ0n) is 12.7. The number of nitrogens with one attached hydrogen (secondary N) is 1. The second kappa shape index (κ2) is 6.39. The van der Waals surface area contributed by atoms with E-state index in [0.717, 1.165) is 38.1 Å². The fourth-order valence-electron chi connectivity index (χ4n) is 2.81. The first-order chi connectivity index (χ1) is 9.67. The lowest BCUT2D eigenvalue weighted by Crippen LogP contribution is -2.57. The fraction of sp³-hybridized carbons (Fsp3) is 0.733. The Labute approximate surface area is 120 Å². The Kier molecular flexibility index (Phi) is 4.81. The highest BCUT2D eigenvalue weighted by atomic mass is 16.5. The van der Waals surface area contributed by atoms with E-state index in [1.807, 2.05) is 6.20 Å². The smallest absolute Gasteiger partial charge is 0.328 e. The molecule has 112 valence electrons. The zero-order valence-corrected chi connectivity index (χ0v) is 12.7. The van der Waals surface area contributed by atoms with Gasteiger partial charge < -0.3 is 14.6 Å². The summed E-state index contributed by atoms with van der Waals surface area (Å²) in [6.07, 6.45) is 7.78. The van der Waals surface area contributed by atoms with Gasteiger partial charge in [-0.2, -0.15) is 0 Å². The molecule has 0 spiro atoms. The maximum Gasteiger partial charge on any atom is 0.328 e. The number of ether oxygens (including phenoxy) is 1. The van der Waals surface area contributed by atoms with Gasteiger partial charge in [-0.05, 0) is 31.7 Å². The average Bonchev–Trinajstić information content (AvgIpc) is 3.23. The van der Waals surface area contributed by atoms with E-state index in [-0.39, 0.29) is 5.97 Å². The number of carbonyl (C=O) groups excluding carboxylic acids is 1. The van der Waals surface area contributed by atoms with Crippen molar-refractivity contribution in [1.29, 1.82) is 0 Å². The molecule has 1 heterocycles. The quantitative estimate of drug-likeness (QED) is 0.737. The molecule has 0 bridgehead atoms. The van der Waals surface area contributed by atoms with Crippen molar-refractivity contribution in [2.75, 3.05) is 13.7 Å². The first-order valence-electron chi connectivity index (χ1n) is 7.51. The highest BCUT2D eigenvalue weighted by molar-refractivity contribution is 5.81. The summed E-state index contributed by atoms with van der Waals surface area (Å²) >= 11 is 0. The minimum absolute atomic E-state index is 0.149. The van der Waals surface area contributed by atoms with Crippen LogP contribution in [0.2, 0.25) is 0 Å². The maximum atomic E-state index is 12.4. The van der Waals surface area contributed by atoms with Crippen LogP contribution in [-0.2, 0) is 22.5 Å². The number of hydrogen-bond donors (Lipinski definition) is 1. The minimum atomic E-state index is -0.602. The fourth-order valence-corrected chi connectivity index (χ4v) is 2.81. The number of methoxy groups -OCH3 is 1. The standard InChI is InChI=1S/C15H25N3O2/c1-4-8-17-15(12-6-7-12,14(19)20-3)11-18-10-9-16-13(18)5-2/h9-10,12,17H,4-8,11H2,1-3H3. The van der Waals surface area contributed by atoms with Crippen molar-refractivity contribution < 1.29 is 9.53 Å². The Morgan fingerprint density at radius 2 is 2.30 bits per heavy atom. The van der Waals surface area contributed by atoms with Crippen molar-refractivity contribution in [1.82, 2.24) is 14.9 Å². The molecule has 1 saturated carbocycles. The van der Waals surface area contributed by atoms with Gasteiger partial charge in [-0.25, -0.2) is 9.78 Å². The molecule has 2 rings (SSSR count). The molecule has 1 fully saturated rings. The van der Waals surface area contributed by atoms with Crippen molar-refractivity contribution in [2.45, 2.75) is 51.6 Å². The number of imidazole rings is 1. The van der Waals surface area contributed by atoms with Gasteiger partial charge in [0.2, 0.25) is 0 Å². The Morgan fingerprint density at radius 1 is 1.55 bits per heavy atom. The van der Waals surface area contributed by atoms with Crippen molar-refractivity contribution >= 4 is 5.97 Å². The Morgan fingerprint density at radius 3 is 2.85 bits per heavy atom. The molecule has 0 amide bonds. The molecule has 1 N–H and O–H groups in total. The molecule has 0 aliphatic heterocycles. The van der Waals surface area contributed by atoms with E-state index >= 15 is 0 Å². The summed E-state index contributed by atoms with van der Waals surface area (Å²) in [6.45, 7) is 5.61. The molecule has 1 atom stereocenters. The van der Waals surface area contributed by atoms with Crippen molar-refractivity contribution in [2.24, 2.45) is 5.92 Å². The minimum Gasteiger partial charge on any atom is -0.468 e. The van der Waals surface area contributed by atoms with Gasteiger partial charge in [0.05, 0.1) is 13.7 Å². The molecule has 0 aromatic carbocycles. The third-order valence-corrected chi connectivity index (χ3v) is 4.05. The molecular weight excluding hydrogens is 254 g/mol. The van der Waals surface area contributed by atoms with Gasteiger partial charge in [-0.15, -0.1) is 0 Å². The number of carbonyl (C=O) groups is 1. The normalized spacial score (nSPS) is 17.8. The Hall–Kier alpha value is -1.36. The lowest BCUT2D eigenvalue weighted by molar-refractivity contribution is -0.150. The highest BCUT2D eigenvalue weighted by Crippen LogP contribution is 2.41. The van der Waals surface area contributed by atoms with E-state index in [1.54, 1.807) is 6.20 Å². The zero-order chi connectivity index (χ0) is 14.6. The average molecular weight is 279 g/mol. The summed E-state index contributed by atoms with van der Waals surface area (Å²) in [5, 5.41) is 3.46. The molecule has 1 aromatic heterocycles. The second-order valence-electron chi connectivity index (χ2n) is 5.49. The summed E-state index contributed by atoms with van der Waals surface area (Å²) in [7, 11) is 1.47. The summed E-state index contributed by atoms with van der Waals surface area (Å²) < 4.78 is 7.18. The molecule has 0 saturated heterocycles. The van der Waals surface area contributed by atoms with E-state index in [9.17, 15) is 4.79 Å². The number of nitrogens with zero attached hydrogens (tertiary/aromatic N) is 2. The Bertz CT molecular complexity index is 454. The lowest BCUT2D eigenvalue weighted by Gasteiger charge is -2.33. The predicted octanol–water partition coefficient (Wildman–Crippen LogP) is 1.77. The summed E-state index contributed by atoms with van der Waals surface area (Å²) in [6, 6.07) is 0. The number of aromatic nitrogens is 2. The topological polar surface area (TPSA) is 56.2 Å². The van der Waals surface area contributed by atoms with Crippen LogP contribution in [0.25, 0.3) is 0 Å². The summed E-state index contributed by atoms with van der Waals surface area (Å²) in [4.78, 5) is 16.8. The summed E-state index contributed by atoms with van der Waals surface area (Å²) in [5.74, 6) is 1.23. The van der Waals surface area contributed by atoms with Crippen LogP contribution >= 0.6 is 0 Å². The number of aryl methyl sites for hydroxylation is 1. The maximum absolute atomic E-state index is 12.4. The molecule has 1 aromatic rings. The van der Waals surface area contributed by atoms with E-state index in [2.05, 4.69) is 28.7 Å². The number of esters is 1. The van der Waals surface area contributed by atoms with Gasteiger partial charge in [-0.1, -0.05) is 13.8 Å². The molecule has 0 radical (unpaired) electrons. The van der Waals surface area contributed by atoms with Crippen LogP contribution in [0, 0.1) is 5.92 Å². The van der Waals surface area contributed by atoms with Crippen LogP contribution in [0.1, 0.15) is 38.9 Å². The van der Waals surface area contributed by atoms with Gasteiger partial charge in [0, 0.05) is 18.8 Å². The molecule has 5 heteroatoms. The monoisotopic (exact) mass is 279 g/mol. The van der Waals surface area contributed by atoms with Crippen LogP contribution in [-0.4, -0.2) is 34.7 Å². The van der Waals surface area contributed by atoms with Crippen LogP contribution in [0.15, 0.2) is 12.4 Å². The molecule has 20 heavy (non-hydrogen) atoms. The van der Waals surface area contributed by atoms with Crippen molar-refractivity contribution in [3.8, 4) is 0 Å². The second-order valence-corrected chi connectivity index (χ2v) is 5.49. The van der Waals surface area contributed by atoms with E-state index < -0.39 is 5.54 Å². The molecule has 5 nitrogen and oxygen atoms in total. The van der Waals surface area contributed by atoms with Crippen LogP contribution in [0.3, 0.4) is 0 Å². The van der Waals surface area contributed by atoms with Gasteiger partial charge in [0.15, 0.2) is 0 Å². The van der Waals surface area contributed by atoms with Gasteiger partial charge in [0.25, 0.3) is 0 Å². The van der Waals surface area contributed by atoms with Gasteiger partial charge in [0.1, 0.15) is 11.4 Å². The predicted molar refractivity (Wildman–Crippen MR) is 77.4 cm³/mol. The largest absolute Gasteiger partial charge is 0.468 e. The third-order valence-electron chi connectivity index (χ3n) is 4.05. The molecule has 1 unspecified atom stereocenters.